The Labute approximate surface area is 186 Å². The van der Waals surface area contributed by atoms with Crippen molar-refractivity contribution in [2.45, 2.75) is 19.9 Å². The van der Waals surface area contributed by atoms with Crippen molar-refractivity contribution in [3.05, 3.63) is 94.6 Å². The van der Waals surface area contributed by atoms with Gasteiger partial charge in [0.2, 0.25) is 0 Å². The molecule has 6 nitrogen and oxygen atoms in total. The van der Waals surface area contributed by atoms with Crippen LogP contribution >= 0.6 is 0 Å². The van der Waals surface area contributed by atoms with Gasteiger partial charge >= 0.3 is 0 Å². The second kappa shape index (κ2) is 8.23. The van der Waals surface area contributed by atoms with Crippen LogP contribution in [0.2, 0.25) is 0 Å². The van der Waals surface area contributed by atoms with Crippen LogP contribution in [0.1, 0.15) is 28.3 Å². The van der Waals surface area contributed by atoms with Gasteiger partial charge in [-0.05, 0) is 66.9 Å². The predicted octanol–water partition coefficient (Wildman–Crippen LogP) is 4.64. The molecular formula is C26H23NO5. The van der Waals surface area contributed by atoms with Gasteiger partial charge in [-0.25, -0.2) is 0 Å². The number of anilines is 1. The minimum atomic E-state index is -0.847. The van der Waals surface area contributed by atoms with E-state index in [0.717, 1.165) is 5.56 Å². The number of para-hydroxylation sites is 1. The topological polar surface area (TPSA) is 87.1 Å². The Morgan fingerprint density at radius 3 is 2.22 bits per heavy atom. The van der Waals surface area contributed by atoms with Crippen LogP contribution in [-0.2, 0) is 9.59 Å². The summed E-state index contributed by atoms with van der Waals surface area (Å²) >= 11 is 0. The second-order valence-electron chi connectivity index (χ2n) is 7.73. The minimum absolute atomic E-state index is 0.00258. The maximum Gasteiger partial charge on any atom is 0.300 e. The lowest BCUT2D eigenvalue weighted by molar-refractivity contribution is -0.132. The Morgan fingerprint density at radius 1 is 0.938 bits per heavy atom. The first-order chi connectivity index (χ1) is 15.3. The standard InChI is InChI=1S/C26H23NO5/c1-15-14-21(32-3)16(2)13-20(15)24(29)22-23(17-9-11-19(28)12-10-17)27(26(31)25(22)30)18-7-5-4-6-8-18/h4-14,23,28-29H,1-3H3/b24-22+. The maximum atomic E-state index is 13.2. The number of aliphatic hydroxyl groups excluding tert-OH is 1. The van der Waals surface area contributed by atoms with Crippen LogP contribution < -0.4 is 9.64 Å². The Morgan fingerprint density at radius 2 is 1.59 bits per heavy atom. The number of aromatic hydroxyl groups is 1. The summed E-state index contributed by atoms with van der Waals surface area (Å²) in [6, 6.07) is 17.8. The summed E-state index contributed by atoms with van der Waals surface area (Å²) in [5, 5.41) is 21.1. The fourth-order valence-corrected chi connectivity index (χ4v) is 4.07. The van der Waals surface area contributed by atoms with Gasteiger partial charge in [0.25, 0.3) is 11.7 Å². The highest BCUT2D eigenvalue weighted by atomic mass is 16.5. The number of hydrogen-bond acceptors (Lipinski definition) is 5. The van der Waals surface area contributed by atoms with E-state index in [4.69, 9.17) is 4.74 Å². The molecule has 0 spiro atoms. The molecule has 3 aromatic carbocycles. The Kier molecular flexibility index (Phi) is 5.45. The first-order valence-electron chi connectivity index (χ1n) is 10.1. The van der Waals surface area contributed by atoms with Crippen LogP contribution in [0.4, 0.5) is 5.69 Å². The fourth-order valence-electron chi connectivity index (χ4n) is 4.07. The first kappa shape index (κ1) is 21.2. The van der Waals surface area contributed by atoms with E-state index in [1.165, 1.54) is 17.0 Å². The quantitative estimate of drug-likeness (QED) is 0.358. The average Bonchev–Trinajstić information content (AvgIpc) is 3.06. The number of Topliss-reactive ketones (excluding diaryl/α,β-unsaturated/α-hetero) is 1. The number of phenolic OH excluding ortho intramolecular Hbond substituents is 1. The minimum Gasteiger partial charge on any atom is -0.508 e. The third-order valence-electron chi connectivity index (χ3n) is 5.68. The van der Waals surface area contributed by atoms with Gasteiger partial charge in [-0.2, -0.15) is 0 Å². The van der Waals surface area contributed by atoms with Crippen LogP contribution in [0.3, 0.4) is 0 Å². The van der Waals surface area contributed by atoms with Crippen LogP contribution in [-0.4, -0.2) is 29.0 Å². The number of rotatable bonds is 4. The van der Waals surface area contributed by atoms with E-state index in [0.29, 0.717) is 28.1 Å². The highest BCUT2D eigenvalue weighted by Crippen LogP contribution is 2.43. The van der Waals surface area contributed by atoms with E-state index < -0.39 is 17.7 Å². The number of hydrogen-bond donors (Lipinski definition) is 2. The molecule has 1 aliphatic heterocycles. The van der Waals surface area contributed by atoms with E-state index in [-0.39, 0.29) is 17.1 Å². The highest BCUT2D eigenvalue weighted by Gasteiger charge is 2.47. The molecule has 1 aliphatic rings. The summed E-state index contributed by atoms with van der Waals surface area (Å²) in [4.78, 5) is 27.7. The average molecular weight is 429 g/mol. The van der Waals surface area contributed by atoms with Gasteiger partial charge in [0.05, 0.1) is 18.7 Å². The number of carbonyl (C=O) groups excluding carboxylic acids is 2. The molecule has 1 fully saturated rings. The van der Waals surface area contributed by atoms with Crippen molar-refractivity contribution >= 4 is 23.1 Å². The van der Waals surface area contributed by atoms with E-state index in [9.17, 15) is 19.8 Å². The van der Waals surface area contributed by atoms with Gasteiger partial charge in [-0.1, -0.05) is 30.3 Å². The van der Waals surface area contributed by atoms with Crippen molar-refractivity contribution in [1.29, 1.82) is 0 Å². The number of amides is 1. The molecule has 162 valence electrons. The highest BCUT2D eigenvalue weighted by molar-refractivity contribution is 6.51. The van der Waals surface area contributed by atoms with E-state index in [2.05, 4.69) is 0 Å². The number of ether oxygens (including phenoxy) is 1. The molecule has 0 bridgehead atoms. The molecule has 32 heavy (non-hydrogen) atoms. The van der Waals surface area contributed by atoms with Crippen molar-refractivity contribution < 1.29 is 24.5 Å². The number of methoxy groups -OCH3 is 1. The Hall–Kier alpha value is -4.06. The zero-order chi connectivity index (χ0) is 23.0. The molecule has 0 aromatic heterocycles. The fraction of sp³-hybridized carbons (Fsp3) is 0.154. The molecule has 0 radical (unpaired) electrons. The van der Waals surface area contributed by atoms with Crippen LogP contribution in [0.5, 0.6) is 11.5 Å². The lowest BCUT2D eigenvalue weighted by Gasteiger charge is -2.25. The number of benzene rings is 3. The monoisotopic (exact) mass is 429 g/mol. The second-order valence-corrected chi connectivity index (χ2v) is 7.73. The van der Waals surface area contributed by atoms with Gasteiger partial charge in [-0.15, -0.1) is 0 Å². The Bertz CT molecular complexity index is 1230. The molecule has 4 rings (SSSR count). The van der Waals surface area contributed by atoms with Gasteiger partial charge in [0, 0.05) is 11.3 Å². The molecule has 0 saturated carbocycles. The molecule has 1 amide bonds. The van der Waals surface area contributed by atoms with Crippen molar-refractivity contribution in [3.8, 4) is 11.5 Å². The SMILES string of the molecule is COc1cc(C)c(/C(O)=C2\C(=O)C(=O)N(c3ccccc3)C2c2ccc(O)cc2)cc1C. The van der Waals surface area contributed by atoms with Gasteiger partial charge in [-0.3, -0.25) is 14.5 Å². The van der Waals surface area contributed by atoms with Crippen LogP contribution in [0.25, 0.3) is 5.76 Å². The Balaban J connectivity index is 1.97. The molecule has 6 heteroatoms. The van der Waals surface area contributed by atoms with E-state index in [1.807, 2.05) is 13.0 Å². The van der Waals surface area contributed by atoms with Crippen LogP contribution in [0, 0.1) is 13.8 Å². The van der Waals surface area contributed by atoms with Crippen molar-refractivity contribution in [2.75, 3.05) is 12.0 Å². The lowest BCUT2D eigenvalue weighted by atomic mass is 9.93. The van der Waals surface area contributed by atoms with Crippen molar-refractivity contribution in [2.24, 2.45) is 0 Å². The number of nitrogens with zero attached hydrogens (tertiary/aromatic N) is 1. The number of ketones is 1. The molecular weight excluding hydrogens is 406 g/mol. The molecule has 1 unspecified atom stereocenters. The molecule has 1 atom stereocenters. The van der Waals surface area contributed by atoms with Gasteiger partial charge in [0.15, 0.2) is 0 Å². The van der Waals surface area contributed by atoms with Gasteiger partial charge < -0.3 is 14.9 Å². The third kappa shape index (κ3) is 3.50. The number of aryl methyl sites for hydroxylation is 2. The van der Waals surface area contributed by atoms with E-state index in [1.54, 1.807) is 62.6 Å². The maximum absolute atomic E-state index is 13.2. The lowest BCUT2D eigenvalue weighted by Crippen LogP contribution is -2.29. The number of aliphatic hydroxyl groups is 1. The van der Waals surface area contributed by atoms with Crippen molar-refractivity contribution in [1.82, 2.24) is 0 Å². The molecule has 1 saturated heterocycles. The predicted molar refractivity (Wildman–Crippen MR) is 122 cm³/mol. The number of carbonyl (C=O) groups is 2. The van der Waals surface area contributed by atoms with Gasteiger partial charge in [0.1, 0.15) is 17.3 Å². The molecule has 0 aliphatic carbocycles. The molecule has 2 N–H and O–H groups in total. The molecule has 3 aromatic rings. The van der Waals surface area contributed by atoms with Crippen molar-refractivity contribution in [3.63, 3.8) is 0 Å². The van der Waals surface area contributed by atoms with E-state index >= 15 is 0 Å². The zero-order valence-electron chi connectivity index (χ0n) is 18.0. The summed E-state index contributed by atoms with van der Waals surface area (Å²) in [6.07, 6.45) is 0. The third-order valence-corrected chi connectivity index (χ3v) is 5.68. The number of phenols is 1. The zero-order valence-corrected chi connectivity index (χ0v) is 18.0. The normalized spacial score (nSPS) is 17.6. The summed E-state index contributed by atoms with van der Waals surface area (Å²) < 4.78 is 5.35. The smallest absolute Gasteiger partial charge is 0.300 e. The van der Waals surface area contributed by atoms with Crippen LogP contribution in [0.15, 0.2) is 72.3 Å². The first-order valence-corrected chi connectivity index (χ1v) is 10.1. The summed E-state index contributed by atoms with van der Waals surface area (Å²) in [6.45, 7) is 3.65. The largest absolute Gasteiger partial charge is 0.508 e. The summed E-state index contributed by atoms with van der Waals surface area (Å²) in [5.74, 6) is -1.01. The summed E-state index contributed by atoms with van der Waals surface area (Å²) in [7, 11) is 1.57. The molecule has 1 heterocycles. The summed E-state index contributed by atoms with van der Waals surface area (Å²) in [5.41, 5.74) is 3.08.